The van der Waals surface area contributed by atoms with Gasteiger partial charge in [-0.05, 0) is 12.3 Å². The zero-order chi connectivity index (χ0) is 52.7. The van der Waals surface area contributed by atoms with Crippen LogP contribution in [0.5, 0.6) is 0 Å². The number of nitrogens with two attached hydrogens (primary N) is 1. The SMILES string of the molecule is CCCCCCCCC(C)CCCCCCCCCCCC(=O)SCCNC(=O)CCNC(=O)C(O)C(C)(C)COP(=O)(O)OP(=O)(O)OCC1OC(n2cnc3c(N)ncnc32)C(O)C1OP(=O)(O)O. The van der Waals surface area contributed by atoms with Gasteiger partial charge in [-0.25, -0.2) is 28.6 Å². The molecule has 1 saturated heterocycles. The summed E-state index contributed by atoms with van der Waals surface area (Å²) in [5, 5.41) is 26.7. The summed E-state index contributed by atoms with van der Waals surface area (Å²) in [6.07, 6.45) is 15.1. The Hall–Kier alpha value is -2.44. The Kier molecular flexibility index (Phi) is 27.8. The zero-order valence-corrected chi connectivity index (χ0v) is 44.9. The first-order valence-corrected chi connectivity index (χ1v) is 30.0. The van der Waals surface area contributed by atoms with Crippen LogP contribution in [0.4, 0.5) is 5.82 Å². The molecule has 0 bridgehead atoms. The van der Waals surface area contributed by atoms with Gasteiger partial charge in [0.2, 0.25) is 11.8 Å². The lowest BCUT2D eigenvalue weighted by molar-refractivity contribution is -0.137. The predicted molar refractivity (Wildman–Crippen MR) is 265 cm³/mol. The molecule has 2 amide bonds. The molecule has 1 aliphatic heterocycles. The molecule has 408 valence electrons. The van der Waals surface area contributed by atoms with E-state index in [0.717, 1.165) is 54.2 Å². The summed E-state index contributed by atoms with van der Waals surface area (Å²) in [5.74, 6) is -0.178. The summed E-state index contributed by atoms with van der Waals surface area (Å²) in [6, 6.07) is 0. The van der Waals surface area contributed by atoms with E-state index >= 15 is 0 Å². The fourth-order valence-corrected chi connectivity index (χ4v) is 11.3. The molecule has 28 heteroatoms. The molecular weight excluding hydrogens is 1010 g/mol. The number of hydrogen-bond acceptors (Lipinski definition) is 18. The number of unbranched alkanes of at least 4 members (excludes halogenated alkanes) is 13. The maximum atomic E-state index is 12.8. The maximum absolute atomic E-state index is 12.8. The highest BCUT2D eigenvalue weighted by Crippen LogP contribution is 2.61. The minimum absolute atomic E-state index is 0.0342. The van der Waals surface area contributed by atoms with Gasteiger partial charge in [0.05, 0.1) is 19.5 Å². The average molecular weight is 1090 g/mol. The van der Waals surface area contributed by atoms with Gasteiger partial charge in [-0.1, -0.05) is 142 Å². The number of imidazole rings is 1. The van der Waals surface area contributed by atoms with E-state index in [9.17, 15) is 57.9 Å². The second-order valence-electron chi connectivity index (χ2n) is 18.7. The third-order valence-corrected chi connectivity index (χ3v) is 15.9. The van der Waals surface area contributed by atoms with Crippen LogP contribution in [-0.4, -0.2) is 123 Å². The van der Waals surface area contributed by atoms with E-state index < -0.39 is 84.6 Å². The van der Waals surface area contributed by atoms with Gasteiger partial charge in [0.15, 0.2) is 22.8 Å². The van der Waals surface area contributed by atoms with Crippen LogP contribution >= 0.6 is 35.2 Å². The number of nitrogens with one attached hydrogen (secondary N) is 2. The summed E-state index contributed by atoms with van der Waals surface area (Å²) in [4.78, 5) is 88.6. The van der Waals surface area contributed by atoms with Crippen molar-refractivity contribution in [2.24, 2.45) is 11.3 Å². The first-order valence-electron chi connectivity index (χ1n) is 24.5. The molecule has 1 aliphatic rings. The van der Waals surface area contributed by atoms with E-state index in [2.05, 4.69) is 48.3 Å². The van der Waals surface area contributed by atoms with Gasteiger partial charge in [0, 0.05) is 37.1 Å². The van der Waals surface area contributed by atoms with E-state index in [1.54, 1.807) is 0 Å². The zero-order valence-electron chi connectivity index (χ0n) is 41.4. The minimum Gasteiger partial charge on any atom is -0.386 e. The van der Waals surface area contributed by atoms with Crippen molar-refractivity contribution in [2.45, 2.75) is 180 Å². The van der Waals surface area contributed by atoms with E-state index in [0.29, 0.717) is 12.2 Å². The number of fused-ring (bicyclic) bond motifs is 1. The number of nitrogen functional groups attached to an aromatic ring is 1. The molecule has 0 aliphatic carbocycles. The van der Waals surface area contributed by atoms with Crippen molar-refractivity contribution in [1.29, 1.82) is 0 Å². The Morgan fingerprint density at radius 2 is 1.44 bits per heavy atom. The predicted octanol–water partition coefficient (Wildman–Crippen LogP) is 6.34. The molecule has 24 nitrogen and oxygen atoms in total. The number of aliphatic hydroxyl groups excluding tert-OH is 2. The number of rotatable bonds is 38. The first-order chi connectivity index (χ1) is 33.4. The lowest BCUT2D eigenvalue weighted by Gasteiger charge is -2.30. The van der Waals surface area contributed by atoms with Crippen molar-refractivity contribution in [2.75, 3.05) is 37.8 Å². The van der Waals surface area contributed by atoms with Crippen molar-refractivity contribution >= 4 is 69.1 Å². The number of phosphoric acid groups is 3. The van der Waals surface area contributed by atoms with Crippen molar-refractivity contribution < 1.29 is 80.5 Å². The topological polar surface area (TPSA) is 364 Å². The largest absolute Gasteiger partial charge is 0.481 e. The third kappa shape index (κ3) is 24.2. The molecule has 2 aromatic heterocycles. The summed E-state index contributed by atoms with van der Waals surface area (Å²) in [6.45, 7) is 5.24. The highest BCUT2D eigenvalue weighted by atomic mass is 32.2. The lowest BCUT2D eigenvalue weighted by atomic mass is 9.87. The molecule has 71 heavy (non-hydrogen) atoms. The molecule has 0 aromatic carbocycles. The third-order valence-electron chi connectivity index (χ3n) is 11.9. The maximum Gasteiger partial charge on any atom is 0.481 e. The van der Waals surface area contributed by atoms with Crippen LogP contribution in [0.15, 0.2) is 12.7 Å². The van der Waals surface area contributed by atoms with Gasteiger partial charge in [-0.15, -0.1) is 0 Å². The average Bonchev–Trinajstić information content (AvgIpc) is 3.86. The minimum atomic E-state index is -5.58. The smallest absolute Gasteiger partial charge is 0.386 e. The molecular formula is C43H78N7O17P3S. The van der Waals surface area contributed by atoms with Gasteiger partial charge < -0.3 is 50.9 Å². The molecule has 3 heterocycles. The number of thioether (sulfide) groups is 1. The summed E-state index contributed by atoms with van der Waals surface area (Å²) in [5.41, 5.74) is 4.29. The molecule has 0 spiro atoms. The normalized spacial score (nSPS) is 20.1. The number of carbonyl (C=O) groups excluding carboxylic acids is 3. The van der Waals surface area contributed by atoms with Crippen molar-refractivity contribution in [3.05, 3.63) is 12.7 Å². The molecule has 0 radical (unpaired) electrons. The van der Waals surface area contributed by atoms with Crippen LogP contribution in [-0.2, 0) is 50.7 Å². The molecule has 3 rings (SSSR count). The number of aromatic nitrogens is 4. The molecule has 10 N–H and O–H groups in total. The van der Waals surface area contributed by atoms with E-state index in [1.807, 2.05) is 0 Å². The summed E-state index contributed by atoms with van der Waals surface area (Å²) in [7, 11) is -16.4. The number of amides is 2. The Labute approximate surface area is 420 Å². The lowest BCUT2D eigenvalue weighted by Crippen LogP contribution is -2.46. The Morgan fingerprint density at radius 1 is 0.845 bits per heavy atom. The molecule has 8 atom stereocenters. The summed E-state index contributed by atoms with van der Waals surface area (Å²) >= 11 is 1.16. The Morgan fingerprint density at radius 3 is 2.06 bits per heavy atom. The number of ether oxygens (including phenoxy) is 1. The standard InChI is InChI=1S/C43H78N7O17P3S/c1-5-6-7-8-14-17-20-31(2)21-18-15-12-10-9-11-13-16-19-22-34(52)71-26-25-45-33(51)23-24-46-41(55)38(54)43(3,4)28-64-70(61,62)67-69(59,60)63-27-32-37(66-68(56,57)58)36(53)42(65-32)50-30-49-35-39(44)47-29-48-40(35)50/h29-32,36-38,42,53-54H,5-28H2,1-4H3,(H,45,51)(H,46,55)(H,59,60)(H,61,62)(H2,44,47,48)(H2,56,57,58). The second kappa shape index (κ2) is 31.4. The molecule has 0 saturated carbocycles. The quantitative estimate of drug-likeness (QED) is 0.0261. The van der Waals surface area contributed by atoms with Crippen LogP contribution in [0.25, 0.3) is 11.2 Å². The number of aliphatic hydroxyl groups is 2. The van der Waals surface area contributed by atoms with Gasteiger partial charge in [0.1, 0.15) is 36.3 Å². The fraction of sp³-hybridized carbons (Fsp3) is 0.814. The van der Waals surface area contributed by atoms with Gasteiger partial charge in [-0.3, -0.25) is 32.5 Å². The van der Waals surface area contributed by atoms with Gasteiger partial charge in [-0.2, -0.15) is 4.31 Å². The molecule has 2 aromatic rings. The van der Waals surface area contributed by atoms with Crippen LogP contribution in [0.2, 0.25) is 0 Å². The number of anilines is 1. The fourth-order valence-electron chi connectivity index (χ4n) is 7.78. The van der Waals surface area contributed by atoms with Crippen LogP contribution < -0.4 is 16.4 Å². The molecule has 1 fully saturated rings. The Bertz CT molecular complexity index is 2080. The number of nitrogens with zero attached hydrogens (tertiary/aromatic N) is 4. The first kappa shape index (κ1) is 62.9. The number of carbonyl (C=O) groups is 3. The van der Waals surface area contributed by atoms with Crippen LogP contribution in [0.3, 0.4) is 0 Å². The van der Waals surface area contributed by atoms with E-state index in [1.165, 1.54) is 104 Å². The Balaban J connectivity index is 1.26. The van der Waals surface area contributed by atoms with Gasteiger partial charge >= 0.3 is 23.5 Å². The number of phosphoric ester groups is 3. The van der Waals surface area contributed by atoms with Crippen molar-refractivity contribution in [3.63, 3.8) is 0 Å². The number of hydrogen-bond donors (Lipinski definition) is 9. The monoisotopic (exact) mass is 1090 g/mol. The van der Waals surface area contributed by atoms with E-state index in [4.69, 9.17) is 19.5 Å². The summed E-state index contributed by atoms with van der Waals surface area (Å²) < 4.78 is 62.5. The van der Waals surface area contributed by atoms with Crippen LogP contribution in [0.1, 0.15) is 156 Å². The highest BCUT2D eigenvalue weighted by Gasteiger charge is 2.50. The van der Waals surface area contributed by atoms with Crippen molar-refractivity contribution in [3.8, 4) is 0 Å². The highest BCUT2D eigenvalue weighted by molar-refractivity contribution is 8.13. The van der Waals surface area contributed by atoms with E-state index in [-0.39, 0.29) is 41.6 Å². The van der Waals surface area contributed by atoms with Crippen LogP contribution in [0, 0.1) is 11.3 Å². The second-order valence-corrected chi connectivity index (χ2v) is 24.1. The molecule has 8 unspecified atom stereocenters. The van der Waals surface area contributed by atoms with Crippen molar-refractivity contribution in [1.82, 2.24) is 30.2 Å². The van der Waals surface area contributed by atoms with Gasteiger partial charge in [0.25, 0.3) is 0 Å².